The van der Waals surface area contributed by atoms with Crippen LogP contribution in [-0.4, -0.2) is 55.2 Å². The van der Waals surface area contributed by atoms with E-state index in [2.05, 4.69) is 5.32 Å². The molecule has 2 saturated heterocycles. The molecule has 3 rings (SSSR count). The molecule has 27 heavy (non-hydrogen) atoms. The summed E-state index contributed by atoms with van der Waals surface area (Å²) in [4.78, 5) is 33.5. The van der Waals surface area contributed by atoms with Crippen LogP contribution < -0.4 is 10.1 Å². The van der Waals surface area contributed by atoms with Gasteiger partial charge >= 0.3 is 11.9 Å². The van der Waals surface area contributed by atoms with E-state index in [4.69, 9.17) is 23.7 Å². The van der Waals surface area contributed by atoms with Gasteiger partial charge in [0.15, 0.2) is 12.2 Å². The Labute approximate surface area is 155 Å². The van der Waals surface area contributed by atoms with Crippen molar-refractivity contribution < 1.29 is 38.1 Å². The zero-order valence-electron chi connectivity index (χ0n) is 15.2. The molecule has 2 aliphatic heterocycles. The Morgan fingerprint density at radius 2 is 1.70 bits per heavy atom. The molecule has 0 aromatic heterocycles. The largest absolute Gasteiger partial charge is 0.463 e. The number of hydrogen-bond acceptors (Lipinski definition) is 8. The summed E-state index contributed by atoms with van der Waals surface area (Å²) in [6.45, 7) is 3.92. The molecule has 5 atom stereocenters. The van der Waals surface area contributed by atoms with Crippen LogP contribution in [0.4, 0.5) is 5.69 Å². The second-order valence-electron chi connectivity index (χ2n) is 6.31. The van der Waals surface area contributed by atoms with E-state index in [0.717, 1.165) is 0 Å². The second-order valence-corrected chi connectivity index (χ2v) is 6.31. The van der Waals surface area contributed by atoms with E-state index in [-0.39, 0.29) is 18.6 Å². The molecule has 0 spiro atoms. The van der Waals surface area contributed by atoms with E-state index in [9.17, 15) is 14.4 Å². The standard InChI is InChI=1S/C18H21NO8/c1-9(20)19-12-4-6-13(7-5-12)25-18-17-16(27-17)15(24-11(3)22)14(26-18)8-23-10(2)21/h4-7,14-18H,8H2,1-3H3,(H,19,20)/t14?,15-,16?,17?,18+/m1/s1. The van der Waals surface area contributed by atoms with Crippen LogP contribution in [0.1, 0.15) is 20.8 Å². The Balaban J connectivity index is 1.65. The van der Waals surface area contributed by atoms with Gasteiger partial charge in [-0.3, -0.25) is 14.4 Å². The van der Waals surface area contributed by atoms with Crippen LogP contribution in [0, 0.1) is 0 Å². The maximum Gasteiger partial charge on any atom is 0.303 e. The molecular formula is C18H21NO8. The molecule has 9 nitrogen and oxygen atoms in total. The zero-order chi connectivity index (χ0) is 19.6. The Morgan fingerprint density at radius 1 is 1.00 bits per heavy atom. The third kappa shape index (κ3) is 4.95. The fraction of sp³-hybridized carbons (Fsp3) is 0.500. The average molecular weight is 379 g/mol. The summed E-state index contributed by atoms with van der Waals surface area (Å²) in [5.41, 5.74) is 0.641. The number of ether oxygens (including phenoxy) is 5. The first kappa shape index (κ1) is 19.1. The summed E-state index contributed by atoms with van der Waals surface area (Å²) < 4.78 is 27.5. The molecule has 1 amide bonds. The second kappa shape index (κ2) is 7.93. The molecule has 146 valence electrons. The number of esters is 2. The van der Waals surface area contributed by atoms with Crippen molar-refractivity contribution in [1.29, 1.82) is 0 Å². The summed E-state index contributed by atoms with van der Waals surface area (Å²) in [5, 5.41) is 2.66. The van der Waals surface area contributed by atoms with Gasteiger partial charge in [-0.25, -0.2) is 0 Å². The Kier molecular flexibility index (Phi) is 5.62. The van der Waals surface area contributed by atoms with E-state index >= 15 is 0 Å². The Morgan fingerprint density at radius 3 is 2.30 bits per heavy atom. The van der Waals surface area contributed by atoms with Crippen LogP contribution >= 0.6 is 0 Å². The Bertz CT molecular complexity index is 719. The SMILES string of the molecule is CC(=O)Nc1ccc(O[C@H]2OC(COC(C)=O)[C@@H](OC(C)=O)C3OC32)cc1. The number of carbonyl (C=O) groups excluding carboxylic acids is 3. The number of amides is 1. The van der Waals surface area contributed by atoms with E-state index in [1.807, 2.05) is 0 Å². The highest BCUT2D eigenvalue weighted by Gasteiger charge is 2.61. The van der Waals surface area contributed by atoms with Crippen LogP contribution in [0.2, 0.25) is 0 Å². The van der Waals surface area contributed by atoms with Crippen molar-refractivity contribution in [2.24, 2.45) is 0 Å². The van der Waals surface area contributed by atoms with Gasteiger partial charge in [0, 0.05) is 26.5 Å². The summed E-state index contributed by atoms with van der Waals surface area (Å²) in [6.07, 6.45) is -2.89. The maximum absolute atomic E-state index is 11.3. The number of carbonyl (C=O) groups is 3. The van der Waals surface area contributed by atoms with Crippen molar-refractivity contribution in [2.45, 2.75) is 51.5 Å². The quantitative estimate of drug-likeness (QED) is 0.576. The van der Waals surface area contributed by atoms with E-state index in [1.165, 1.54) is 20.8 Å². The number of benzene rings is 1. The first-order valence-electron chi connectivity index (χ1n) is 8.49. The lowest BCUT2D eigenvalue weighted by molar-refractivity contribution is -0.202. The third-order valence-electron chi connectivity index (χ3n) is 4.01. The summed E-state index contributed by atoms with van der Waals surface area (Å²) in [6, 6.07) is 6.77. The lowest BCUT2D eigenvalue weighted by Crippen LogP contribution is -2.51. The fourth-order valence-electron chi connectivity index (χ4n) is 2.88. The number of rotatable bonds is 6. The van der Waals surface area contributed by atoms with Crippen molar-refractivity contribution in [3.63, 3.8) is 0 Å². The molecule has 2 heterocycles. The molecule has 0 radical (unpaired) electrons. The highest BCUT2D eigenvalue weighted by atomic mass is 16.8. The van der Waals surface area contributed by atoms with Gasteiger partial charge in [0.1, 0.15) is 24.6 Å². The van der Waals surface area contributed by atoms with Crippen LogP contribution in [0.5, 0.6) is 5.75 Å². The number of fused-ring (bicyclic) bond motifs is 1. The van der Waals surface area contributed by atoms with Gasteiger partial charge in [0.2, 0.25) is 12.2 Å². The highest BCUT2D eigenvalue weighted by Crippen LogP contribution is 2.40. The van der Waals surface area contributed by atoms with Crippen molar-refractivity contribution in [3.8, 4) is 5.75 Å². The number of nitrogens with one attached hydrogen (secondary N) is 1. The molecule has 2 aliphatic rings. The molecule has 0 aliphatic carbocycles. The summed E-state index contributed by atoms with van der Waals surface area (Å²) in [5.74, 6) is -0.595. The van der Waals surface area contributed by atoms with E-state index in [0.29, 0.717) is 11.4 Å². The lowest BCUT2D eigenvalue weighted by Gasteiger charge is -2.32. The molecule has 1 aromatic carbocycles. The normalized spacial score (nSPS) is 28.5. The van der Waals surface area contributed by atoms with Gasteiger partial charge in [-0.2, -0.15) is 0 Å². The summed E-state index contributed by atoms with van der Waals surface area (Å²) in [7, 11) is 0. The first-order chi connectivity index (χ1) is 12.8. The maximum atomic E-state index is 11.3. The van der Waals surface area contributed by atoms with Crippen molar-refractivity contribution in [1.82, 2.24) is 0 Å². The lowest BCUT2D eigenvalue weighted by atomic mass is 10.0. The number of hydrogen-bond donors (Lipinski definition) is 1. The molecule has 9 heteroatoms. The van der Waals surface area contributed by atoms with E-state index in [1.54, 1.807) is 24.3 Å². The molecule has 3 unspecified atom stereocenters. The van der Waals surface area contributed by atoms with Gasteiger partial charge < -0.3 is 29.0 Å². The monoisotopic (exact) mass is 379 g/mol. The third-order valence-corrected chi connectivity index (χ3v) is 4.01. The minimum atomic E-state index is -0.742. The average Bonchev–Trinajstić information content (AvgIpc) is 3.37. The summed E-state index contributed by atoms with van der Waals surface area (Å²) >= 11 is 0. The molecule has 1 aromatic rings. The number of epoxide rings is 1. The smallest absolute Gasteiger partial charge is 0.303 e. The topological polar surface area (TPSA) is 113 Å². The van der Waals surface area contributed by atoms with Gasteiger partial charge in [-0.15, -0.1) is 0 Å². The van der Waals surface area contributed by atoms with Crippen LogP contribution in [0.15, 0.2) is 24.3 Å². The van der Waals surface area contributed by atoms with Gasteiger partial charge in [0.25, 0.3) is 0 Å². The van der Waals surface area contributed by atoms with Crippen molar-refractivity contribution in [2.75, 3.05) is 11.9 Å². The van der Waals surface area contributed by atoms with Crippen LogP contribution in [0.25, 0.3) is 0 Å². The van der Waals surface area contributed by atoms with Crippen molar-refractivity contribution >= 4 is 23.5 Å². The van der Waals surface area contributed by atoms with Gasteiger partial charge in [0.05, 0.1) is 0 Å². The minimum Gasteiger partial charge on any atom is -0.463 e. The predicted molar refractivity (Wildman–Crippen MR) is 90.9 cm³/mol. The molecule has 0 saturated carbocycles. The van der Waals surface area contributed by atoms with Gasteiger partial charge in [-0.1, -0.05) is 0 Å². The van der Waals surface area contributed by atoms with Gasteiger partial charge in [-0.05, 0) is 24.3 Å². The minimum absolute atomic E-state index is 0.0822. The molecule has 0 bridgehead atoms. The molecule has 2 fully saturated rings. The Hall–Kier alpha value is -2.65. The van der Waals surface area contributed by atoms with E-state index < -0.39 is 36.5 Å². The predicted octanol–water partition coefficient (Wildman–Crippen LogP) is 1.01. The van der Waals surface area contributed by atoms with Crippen LogP contribution in [0.3, 0.4) is 0 Å². The van der Waals surface area contributed by atoms with Crippen LogP contribution in [-0.2, 0) is 33.3 Å². The zero-order valence-corrected chi connectivity index (χ0v) is 15.2. The molecule has 1 N–H and O–H groups in total. The highest BCUT2D eigenvalue weighted by molar-refractivity contribution is 5.88. The fourth-order valence-corrected chi connectivity index (χ4v) is 2.88. The first-order valence-corrected chi connectivity index (χ1v) is 8.49. The van der Waals surface area contributed by atoms with Crippen molar-refractivity contribution in [3.05, 3.63) is 24.3 Å². The number of anilines is 1. The molecular weight excluding hydrogens is 358 g/mol.